The Morgan fingerprint density at radius 3 is 2.38 bits per heavy atom. The molecule has 0 unspecified atom stereocenters. The lowest BCUT2D eigenvalue weighted by Gasteiger charge is -2.05. The van der Waals surface area contributed by atoms with E-state index in [-0.39, 0.29) is 28.3 Å². The van der Waals surface area contributed by atoms with Gasteiger partial charge in [0.2, 0.25) is 0 Å². The van der Waals surface area contributed by atoms with Gasteiger partial charge in [-0.2, -0.15) is 5.10 Å². The predicted molar refractivity (Wildman–Crippen MR) is 129 cm³/mol. The molecule has 4 N–H and O–H groups in total. The maximum atomic E-state index is 13.0. The van der Waals surface area contributed by atoms with Crippen molar-refractivity contribution in [3.63, 3.8) is 0 Å². The molecule has 0 spiro atoms. The molecule has 11 heteroatoms. The highest BCUT2D eigenvalue weighted by Gasteiger charge is 2.17. The first-order chi connectivity index (χ1) is 16.1. The third-order valence-electron chi connectivity index (χ3n) is 5.19. The SMILES string of the molecule is C/C(=N\NC(=O)c1ccc(C(=O)NCCC(=O)O)s1)c1c(C)[nH]n(-c2ccc(C)c(C)c2)c1=O. The van der Waals surface area contributed by atoms with Crippen molar-refractivity contribution >= 4 is 34.8 Å². The Bertz CT molecular complexity index is 1350. The first kappa shape index (κ1) is 24.6. The number of thiophene rings is 1. The number of nitrogens with one attached hydrogen (secondary N) is 3. The highest BCUT2D eigenvalue weighted by atomic mass is 32.1. The Morgan fingerprint density at radius 1 is 1.06 bits per heavy atom. The Kier molecular flexibility index (Phi) is 7.47. The Hall–Kier alpha value is -3.99. The van der Waals surface area contributed by atoms with Gasteiger partial charge in [-0.1, -0.05) is 6.07 Å². The van der Waals surface area contributed by atoms with Crippen LogP contribution in [-0.2, 0) is 4.79 Å². The van der Waals surface area contributed by atoms with Crippen LogP contribution in [0.4, 0.5) is 0 Å². The van der Waals surface area contributed by atoms with E-state index in [1.54, 1.807) is 13.8 Å². The molecule has 0 aliphatic heterocycles. The van der Waals surface area contributed by atoms with E-state index in [4.69, 9.17) is 5.11 Å². The van der Waals surface area contributed by atoms with Gasteiger partial charge in [-0.25, -0.2) is 10.1 Å². The molecule has 2 aromatic heterocycles. The first-order valence-corrected chi connectivity index (χ1v) is 11.2. The number of hydrogen-bond acceptors (Lipinski definition) is 6. The summed E-state index contributed by atoms with van der Waals surface area (Å²) in [5.74, 6) is -2.00. The molecule has 1 aromatic carbocycles. The molecule has 0 saturated heterocycles. The zero-order chi connectivity index (χ0) is 25.0. The number of carboxylic acids is 1. The van der Waals surface area contributed by atoms with Gasteiger partial charge in [0.15, 0.2) is 0 Å². The number of nitrogens with zero attached hydrogens (tertiary/aromatic N) is 2. The van der Waals surface area contributed by atoms with Crippen LogP contribution in [0.15, 0.2) is 40.2 Å². The van der Waals surface area contributed by atoms with Crippen LogP contribution in [0.5, 0.6) is 0 Å². The molecule has 10 nitrogen and oxygen atoms in total. The quantitative estimate of drug-likeness (QED) is 0.287. The first-order valence-electron chi connectivity index (χ1n) is 10.4. The summed E-state index contributed by atoms with van der Waals surface area (Å²) in [4.78, 5) is 48.6. The number of aromatic nitrogens is 2. The number of hydrogen-bond donors (Lipinski definition) is 4. The highest BCUT2D eigenvalue weighted by molar-refractivity contribution is 7.15. The van der Waals surface area contributed by atoms with Gasteiger partial charge >= 0.3 is 5.97 Å². The highest BCUT2D eigenvalue weighted by Crippen LogP contribution is 2.17. The van der Waals surface area contributed by atoms with E-state index < -0.39 is 17.8 Å². The molecule has 0 aliphatic rings. The Morgan fingerprint density at radius 2 is 1.74 bits per heavy atom. The third kappa shape index (κ3) is 5.49. The Balaban J connectivity index is 1.72. The number of carboxylic acid groups (broad SMARTS) is 1. The number of aryl methyl sites for hydroxylation is 3. The standard InChI is InChI=1S/C23H25N5O5S/c1-12-5-6-16(11-13(12)2)28-23(33)20(15(4)27-28)14(3)25-26-22(32)18-8-7-17(34-18)21(31)24-10-9-19(29)30/h5-8,11,27H,9-10H2,1-4H3,(H,24,31)(H,26,32)(H,29,30)/b25-14+. The minimum atomic E-state index is -1.02. The van der Waals surface area contributed by atoms with Crippen molar-refractivity contribution in [3.8, 4) is 5.69 Å². The summed E-state index contributed by atoms with van der Waals surface area (Å²) in [6.07, 6.45) is -0.192. The van der Waals surface area contributed by atoms with Gasteiger partial charge in [0.1, 0.15) is 0 Å². The largest absolute Gasteiger partial charge is 0.481 e. The molecule has 0 atom stereocenters. The minimum absolute atomic E-state index is 0.00716. The zero-order valence-electron chi connectivity index (χ0n) is 19.2. The molecule has 3 aromatic rings. The average molecular weight is 484 g/mol. The summed E-state index contributed by atoms with van der Waals surface area (Å²) in [5.41, 5.74) is 6.30. The van der Waals surface area contributed by atoms with Crippen LogP contribution in [0.25, 0.3) is 5.69 Å². The van der Waals surface area contributed by atoms with E-state index in [1.165, 1.54) is 16.8 Å². The summed E-state index contributed by atoms with van der Waals surface area (Å²) in [5, 5.41) is 18.2. The van der Waals surface area contributed by atoms with Gasteiger partial charge < -0.3 is 10.4 Å². The van der Waals surface area contributed by atoms with E-state index >= 15 is 0 Å². The Labute approximate surface area is 199 Å². The molecular formula is C23H25N5O5S. The lowest BCUT2D eigenvalue weighted by atomic mass is 10.1. The van der Waals surface area contributed by atoms with Gasteiger partial charge in [-0.3, -0.25) is 24.3 Å². The number of aliphatic carboxylic acids is 1. The van der Waals surface area contributed by atoms with Crippen LogP contribution >= 0.6 is 11.3 Å². The van der Waals surface area contributed by atoms with Crippen molar-refractivity contribution in [2.24, 2.45) is 5.10 Å². The molecule has 178 valence electrons. The predicted octanol–water partition coefficient (Wildman–Crippen LogP) is 2.51. The second-order valence-corrected chi connectivity index (χ2v) is 8.81. The molecule has 0 saturated carbocycles. The molecule has 0 bridgehead atoms. The van der Waals surface area contributed by atoms with Crippen molar-refractivity contribution < 1.29 is 19.5 Å². The van der Waals surface area contributed by atoms with Gasteiger partial charge in [0.25, 0.3) is 17.4 Å². The van der Waals surface area contributed by atoms with E-state index in [2.05, 4.69) is 20.9 Å². The number of hydrazone groups is 1. The molecule has 0 aliphatic carbocycles. The number of amides is 2. The van der Waals surface area contributed by atoms with Crippen molar-refractivity contribution in [1.29, 1.82) is 0 Å². The number of carbonyl (C=O) groups excluding carboxylic acids is 2. The van der Waals surface area contributed by atoms with E-state index in [9.17, 15) is 19.2 Å². The van der Waals surface area contributed by atoms with Crippen LogP contribution < -0.4 is 16.3 Å². The number of rotatable bonds is 8. The minimum Gasteiger partial charge on any atom is -0.481 e. The lowest BCUT2D eigenvalue weighted by molar-refractivity contribution is -0.136. The molecule has 2 amide bonds. The molecule has 0 radical (unpaired) electrons. The van der Waals surface area contributed by atoms with Gasteiger partial charge in [-0.05, 0) is 63.1 Å². The summed E-state index contributed by atoms with van der Waals surface area (Å²) in [7, 11) is 0. The fourth-order valence-corrected chi connectivity index (χ4v) is 4.03. The summed E-state index contributed by atoms with van der Waals surface area (Å²) < 4.78 is 1.44. The van der Waals surface area contributed by atoms with Crippen molar-refractivity contribution in [1.82, 2.24) is 20.5 Å². The lowest BCUT2D eigenvalue weighted by Crippen LogP contribution is -2.25. The van der Waals surface area contributed by atoms with Gasteiger partial charge in [-0.15, -0.1) is 11.3 Å². The average Bonchev–Trinajstić information content (AvgIpc) is 3.38. The molecule has 3 rings (SSSR count). The monoisotopic (exact) mass is 483 g/mol. The number of benzene rings is 1. The number of carbonyl (C=O) groups is 3. The number of H-pyrrole nitrogens is 1. The second-order valence-electron chi connectivity index (χ2n) is 7.72. The summed E-state index contributed by atoms with van der Waals surface area (Å²) >= 11 is 0.953. The molecular weight excluding hydrogens is 458 g/mol. The fraction of sp³-hybridized carbons (Fsp3) is 0.261. The van der Waals surface area contributed by atoms with Crippen molar-refractivity contribution in [3.05, 3.63) is 72.8 Å². The smallest absolute Gasteiger partial charge is 0.305 e. The van der Waals surface area contributed by atoms with Crippen LogP contribution in [0.2, 0.25) is 0 Å². The van der Waals surface area contributed by atoms with E-state index in [1.807, 2.05) is 32.0 Å². The third-order valence-corrected chi connectivity index (χ3v) is 6.27. The van der Waals surface area contributed by atoms with Gasteiger partial charge in [0, 0.05) is 12.2 Å². The second kappa shape index (κ2) is 10.3. The van der Waals surface area contributed by atoms with Crippen LogP contribution in [0.1, 0.15) is 55.1 Å². The fourth-order valence-electron chi connectivity index (χ4n) is 3.22. The maximum Gasteiger partial charge on any atom is 0.305 e. The van der Waals surface area contributed by atoms with Gasteiger partial charge in [0.05, 0.1) is 33.1 Å². The van der Waals surface area contributed by atoms with Crippen molar-refractivity contribution in [2.45, 2.75) is 34.1 Å². The topological polar surface area (TPSA) is 146 Å². The number of aromatic amines is 1. The maximum absolute atomic E-state index is 13.0. The van der Waals surface area contributed by atoms with Crippen LogP contribution in [-0.4, -0.2) is 44.9 Å². The van der Waals surface area contributed by atoms with E-state index in [0.717, 1.165) is 22.5 Å². The van der Waals surface area contributed by atoms with Crippen molar-refractivity contribution in [2.75, 3.05) is 6.54 Å². The molecule has 2 heterocycles. The molecule has 0 fully saturated rings. The summed E-state index contributed by atoms with van der Waals surface area (Å²) in [6, 6.07) is 8.66. The van der Waals surface area contributed by atoms with Crippen LogP contribution in [0.3, 0.4) is 0 Å². The zero-order valence-corrected chi connectivity index (χ0v) is 20.0. The summed E-state index contributed by atoms with van der Waals surface area (Å²) in [6.45, 7) is 7.34. The molecule has 34 heavy (non-hydrogen) atoms. The van der Waals surface area contributed by atoms with E-state index in [0.29, 0.717) is 22.7 Å². The van der Waals surface area contributed by atoms with Crippen LogP contribution in [0, 0.1) is 20.8 Å². The normalized spacial score (nSPS) is 11.4.